The molecule has 0 N–H and O–H groups in total. The first-order chi connectivity index (χ1) is 7.84. The summed E-state index contributed by atoms with van der Waals surface area (Å²) in [6, 6.07) is 1.86. The Balaban J connectivity index is 2.01. The molecular formula is C10H10BrN5. The zero-order valence-corrected chi connectivity index (χ0v) is 10.1. The summed E-state index contributed by atoms with van der Waals surface area (Å²) in [4.78, 5) is 11.0. The molecule has 2 aromatic heterocycles. The Morgan fingerprint density at radius 1 is 1.31 bits per heavy atom. The number of aromatic nitrogens is 4. The minimum atomic E-state index is 0.607. The van der Waals surface area contributed by atoms with E-state index in [2.05, 4.69) is 35.9 Å². The molecule has 0 aromatic carbocycles. The average molecular weight is 280 g/mol. The third kappa shape index (κ3) is 1.59. The minimum absolute atomic E-state index is 0.607. The molecule has 0 spiro atoms. The molecule has 82 valence electrons. The summed E-state index contributed by atoms with van der Waals surface area (Å²) in [7, 11) is 0. The first-order valence-corrected chi connectivity index (χ1v) is 5.91. The normalized spacial score (nSPS) is 14.9. The quantitative estimate of drug-likeness (QED) is 0.839. The fraction of sp³-hybridized carbons (Fsp3) is 0.300. The van der Waals surface area contributed by atoms with Gasteiger partial charge in [0.2, 0.25) is 0 Å². The first-order valence-electron chi connectivity index (χ1n) is 5.12. The molecule has 5 nitrogen and oxygen atoms in total. The second-order valence-corrected chi connectivity index (χ2v) is 4.49. The number of anilines is 1. The summed E-state index contributed by atoms with van der Waals surface area (Å²) in [5.74, 6) is 1.56. The molecule has 0 unspecified atom stereocenters. The molecular weight excluding hydrogens is 270 g/mol. The highest BCUT2D eigenvalue weighted by molar-refractivity contribution is 9.10. The van der Waals surface area contributed by atoms with Gasteiger partial charge in [-0.15, -0.1) is 0 Å². The van der Waals surface area contributed by atoms with Gasteiger partial charge in [0.05, 0.1) is 4.47 Å². The van der Waals surface area contributed by atoms with Crippen molar-refractivity contribution in [2.45, 2.75) is 6.42 Å². The lowest BCUT2D eigenvalue weighted by atomic mass is 10.2. The smallest absolute Gasteiger partial charge is 0.252 e. The average Bonchev–Trinajstić information content (AvgIpc) is 2.71. The third-order valence-electron chi connectivity index (χ3n) is 2.58. The molecule has 1 saturated heterocycles. The maximum Gasteiger partial charge on any atom is 0.252 e. The van der Waals surface area contributed by atoms with Crippen LogP contribution in [-0.2, 0) is 0 Å². The predicted octanol–water partition coefficient (Wildman–Crippen LogP) is 1.63. The molecule has 3 heterocycles. The van der Waals surface area contributed by atoms with Crippen molar-refractivity contribution < 1.29 is 0 Å². The van der Waals surface area contributed by atoms with E-state index >= 15 is 0 Å². The zero-order chi connectivity index (χ0) is 11.0. The lowest BCUT2D eigenvalue weighted by molar-refractivity contribution is 0.605. The molecule has 6 heteroatoms. The highest BCUT2D eigenvalue weighted by Gasteiger charge is 2.19. The fourth-order valence-corrected chi connectivity index (χ4v) is 2.04. The van der Waals surface area contributed by atoms with Crippen LogP contribution in [0.4, 0.5) is 5.82 Å². The van der Waals surface area contributed by atoms with E-state index in [4.69, 9.17) is 0 Å². The monoisotopic (exact) mass is 279 g/mol. The SMILES string of the molecule is Brc1cnc(-n2cccn2)nc1N1CCC1. The molecule has 0 amide bonds. The highest BCUT2D eigenvalue weighted by Crippen LogP contribution is 2.27. The van der Waals surface area contributed by atoms with Crippen LogP contribution < -0.4 is 4.90 Å². The number of rotatable bonds is 2. The van der Waals surface area contributed by atoms with Crippen LogP contribution in [0, 0.1) is 0 Å². The van der Waals surface area contributed by atoms with Gasteiger partial charge in [-0.3, -0.25) is 0 Å². The van der Waals surface area contributed by atoms with Crippen LogP contribution in [-0.4, -0.2) is 32.8 Å². The van der Waals surface area contributed by atoms with Crippen LogP contribution in [0.25, 0.3) is 5.95 Å². The lowest BCUT2D eigenvalue weighted by Crippen LogP contribution is -2.38. The van der Waals surface area contributed by atoms with Gasteiger partial charge in [-0.25, -0.2) is 9.67 Å². The standard InChI is InChI=1S/C10H10BrN5/c11-8-7-12-10(16-6-1-3-13-16)14-9(8)15-4-2-5-15/h1,3,6-7H,2,4-5H2. The molecule has 1 aliphatic heterocycles. The number of hydrogen-bond acceptors (Lipinski definition) is 4. The van der Waals surface area contributed by atoms with E-state index in [1.807, 2.05) is 12.3 Å². The largest absolute Gasteiger partial charge is 0.355 e. The van der Waals surface area contributed by atoms with E-state index < -0.39 is 0 Å². The Bertz CT molecular complexity index is 492. The Morgan fingerprint density at radius 3 is 2.81 bits per heavy atom. The minimum Gasteiger partial charge on any atom is -0.355 e. The van der Waals surface area contributed by atoms with Gasteiger partial charge in [0, 0.05) is 31.7 Å². The van der Waals surface area contributed by atoms with Gasteiger partial charge in [-0.05, 0) is 28.4 Å². The molecule has 1 aliphatic rings. The Morgan fingerprint density at radius 2 is 2.19 bits per heavy atom. The van der Waals surface area contributed by atoms with Crippen molar-refractivity contribution >= 4 is 21.7 Å². The summed E-state index contributed by atoms with van der Waals surface area (Å²) in [5.41, 5.74) is 0. The van der Waals surface area contributed by atoms with Gasteiger partial charge in [-0.2, -0.15) is 10.1 Å². The van der Waals surface area contributed by atoms with Crippen LogP contribution in [0.3, 0.4) is 0 Å². The van der Waals surface area contributed by atoms with Crippen LogP contribution in [0.5, 0.6) is 0 Å². The van der Waals surface area contributed by atoms with E-state index in [9.17, 15) is 0 Å². The molecule has 0 atom stereocenters. The van der Waals surface area contributed by atoms with Gasteiger partial charge >= 0.3 is 0 Å². The van der Waals surface area contributed by atoms with E-state index in [0.29, 0.717) is 5.95 Å². The van der Waals surface area contributed by atoms with E-state index in [0.717, 1.165) is 23.4 Å². The Labute approximate surface area is 101 Å². The van der Waals surface area contributed by atoms with Crippen molar-refractivity contribution in [2.75, 3.05) is 18.0 Å². The summed E-state index contributed by atoms with van der Waals surface area (Å²) in [6.07, 6.45) is 6.56. The molecule has 16 heavy (non-hydrogen) atoms. The van der Waals surface area contributed by atoms with Crippen LogP contribution in [0.1, 0.15) is 6.42 Å². The highest BCUT2D eigenvalue weighted by atomic mass is 79.9. The van der Waals surface area contributed by atoms with Crippen molar-refractivity contribution in [1.29, 1.82) is 0 Å². The summed E-state index contributed by atoms with van der Waals surface area (Å²) in [5, 5.41) is 4.12. The topological polar surface area (TPSA) is 46.8 Å². The van der Waals surface area contributed by atoms with Gasteiger partial charge in [0.25, 0.3) is 5.95 Å². The molecule has 0 radical (unpaired) electrons. The third-order valence-corrected chi connectivity index (χ3v) is 3.14. The van der Waals surface area contributed by atoms with E-state index in [-0.39, 0.29) is 0 Å². The van der Waals surface area contributed by atoms with Crippen molar-refractivity contribution in [1.82, 2.24) is 19.7 Å². The van der Waals surface area contributed by atoms with Crippen LogP contribution in [0.15, 0.2) is 29.1 Å². The number of nitrogens with zero attached hydrogens (tertiary/aromatic N) is 5. The Kier molecular flexibility index (Phi) is 2.36. The zero-order valence-electron chi connectivity index (χ0n) is 8.54. The first kappa shape index (κ1) is 9.77. The van der Waals surface area contributed by atoms with Crippen LogP contribution in [0.2, 0.25) is 0 Å². The Hall–Kier alpha value is -1.43. The van der Waals surface area contributed by atoms with E-state index in [1.54, 1.807) is 17.1 Å². The summed E-state index contributed by atoms with van der Waals surface area (Å²) >= 11 is 3.47. The van der Waals surface area contributed by atoms with Crippen LogP contribution >= 0.6 is 15.9 Å². The van der Waals surface area contributed by atoms with Gasteiger partial charge in [0.15, 0.2) is 0 Å². The van der Waals surface area contributed by atoms with Gasteiger partial charge < -0.3 is 4.90 Å². The van der Waals surface area contributed by atoms with Crippen molar-refractivity contribution in [3.63, 3.8) is 0 Å². The van der Waals surface area contributed by atoms with Gasteiger partial charge in [-0.1, -0.05) is 0 Å². The summed E-state index contributed by atoms with van der Waals surface area (Å²) < 4.78 is 2.60. The van der Waals surface area contributed by atoms with E-state index in [1.165, 1.54) is 6.42 Å². The van der Waals surface area contributed by atoms with Crippen molar-refractivity contribution in [2.24, 2.45) is 0 Å². The lowest BCUT2D eigenvalue weighted by Gasteiger charge is -2.32. The molecule has 2 aromatic rings. The second kappa shape index (κ2) is 3.86. The molecule has 0 saturated carbocycles. The number of halogens is 1. The number of hydrogen-bond donors (Lipinski definition) is 0. The maximum atomic E-state index is 4.51. The van der Waals surface area contributed by atoms with Crippen molar-refractivity contribution in [3.8, 4) is 5.95 Å². The molecule has 3 rings (SSSR count). The second-order valence-electron chi connectivity index (χ2n) is 3.63. The molecule has 1 fully saturated rings. The maximum absolute atomic E-state index is 4.51. The molecule has 0 bridgehead atoms. The van der Waals surface area contributed by atoms with Crippen molar-refractivity contribution in [3.05, 3.63) is 29.1 Å². The summed E-state index contributed by atoms with van der Waals surface area (Å²) in [6.45, 7) is 2.13. The molecule has 0 aliphatic carbocycles. The predicted molar refractivity (Wildman–Crippen MR) is 63.7 cm³/mol. The fourth-order valence-electron chi connectivity index (χ4n) is 1.60. The van der Waals surface area contributed by atoms with Gasteiger partial charge in [0.1, 0.15) is 5.82 Å².